The Morgan fingerprint density at radius 2 is 1.95 bits per heavy atom. The monoisotopic (exact) mass is 292 g/mol. The SMILES string of the molecule is CCSCCCN1C(=O)NC(=O)C1(C)c1ccccc1. The van der Waals surface area contributed by atoms with Crippen molar-refractivity contribution >= 4 is 23.7 Å². The van der Waals surface area contributed by atoms with E-state index in [0.29, 0.717) is 6.54 Å². The molecule has 0 aliphatic carbocycles. The molecular weight excluding hydrogens is 272 g/mol. The summed E-state index contributed by atoms with van der Waals surface area (Å²) in [4.78, 5) is 25.9. The van der Waals surface area contributed by atoms with Crippen LogP contribution in [0.15, 0.2) is 30.3 Å². The van der Waals surface area contributed by atoms with Gasteiger partial charge in [0.2, 0.25) is 0 Å². The van der Waals surface area contributed by atoms with Crippen LogP contribution in [0, 0.1) is 0 Å². The van der Waals surface area contributed by atoms with Gasteiger partial charge in [0.25, 0.3) is 5.91 Å². The van der Waals surface area contributed by atoms with Crippen molar-refractivity contribution < 1.29 is 9.59 Å². The molecule has 1 aromatic rings. The Labute approximate surface area is 123 Å². The maximum Gasteiger partial charge on any atom is 0.325 e. The van der Waals surface area contributed by atoms with Gasteiger partial charge in [-0.3, -0.25) is 10.1 Å². The van der Waals surface area contributed by atoms with Crippen LogP contribution in [0.4, 0.5) is 4.79 Å². The van der Waals surface area contributed by atoms with Crippen molar-refractivity contribution in [2.45, 2.75) is 25.8 Å². The van der Waals surface area contributed by atoms with Gasteiger partial charge in [0.05, 0.1) is 0 Å². The summed E-state index contributed by atoms with van der Waals surface area (Å²) >= 11 is 1.85. The lowest BCUT2D eigenvalue weighted by atomic mass is 9.90. The normalized spacial score (nSPS) is 22.2. The summed E-state index contributed by atoms with van der Waals surface area (Å²) in [6.07, 6.45) is 0.891. The Morgan fingerprint density at radius 1 is 1.25 bits per heavy atom. The number of benzene rings is 1. The van der Waals surface area contributed by atoms with Gasteiger partial charge in [0.1, 0.15) is 5.54 Å². The lowest BCUT2D eigenvalue weighted by Gasteiger charge is -2.32. The zero-order chi connectivity index (χ0) is 14.6. The smallest absolute Gasteiger partial charge is 0.306 e. The molecule has 108 valence electrons. The highest BCUT2D eigenvalue weighted by Gasteiger charge is 2.49. The van der Waals surface area contributed by atoms with Crippen molar-refractivity contribution in [3.8, 4) is 0 Å². The third kappa shape index (κ3) is 2.68. The summed E-state index contributed by atoms with van der Waals surface area (Å²) < 4.78 is 0. The van der Waals surface area contributed by atoms with E-state index in [9.17, 15) is 9.59 Å². The largest absolute Gasteiger partial charge is 0.325 e. The van der Waals surface area contributed by atoms with Gasteiger partial charge < -0.3 is 4.90 Å². The lowest BCUT2D eigenvalue weighted by molar-refractivity contribution is -0.126. The Kier molecular flexibility index (Phi) is 4.70. The van der Waals surface area contributed by atoms with Crippen molar-refractivity contribution in [2.24, 2.45) is 0 Å². The van der Waals surface area contributed by atoms with Crippen molar-refractivity contribution in [2.75, 3.05) is 18.1 Å². The Hall–Kier alpha value is -1.49. The van der Waals surface area contributed by atoms with Gasteiger partial charge in [-0.15, -0.1) is 0 Å². The quantitative estimate of drug-likeness (QED) is 0.647. The molecule has 1 atom stereocenters. The summed E-state index contributed by atoms with van der Waals surface area (Å²) in [6.45, 7) is 4.52. The summed E-state index contributed by atoms with van der Waals surface area (Å²) in [7, 11) is 0. The zero-order valence-electron chi connectivity index (χ0n) is 11.9. The predicted octanol–water partition coefficient (Wildman–Crippen LogP) is 2.60. The van der Waals surface area contributed by atoms with E-state index in [0.717, 1.165) is 23.5 Å². The highest BCUT2D eigenvalue weighted by Crippen LogP contribution is 2.32. The standard InChI is InChI=1S/C15H20N2O2S/c1-3-20-11-7-10-17-14(19)16-13(18)15(17,2)12-8-5-4-6-9-12/h4-6,8-9H,3,7,10-11H2,1-2H3,(H,16,18,19). The van der Waals surface area contributed by atoms with E-state index in [-0.39, 0.29) is 11.9 Å². The third-order valence-electron chi connectivity index (χ3n) is 3.66. The second kappa shape index (κ2) is 6.31. The number of nitrogens with one attached hydrogen (secondary N) is 1. The van der Waals surface area contributed by atoms with E-state index in [4.69, 9.17) is 0 Å². The van der Waals surface area contributed by atoms with Gasteiger partial charge in [-0.05, 0) is 30.4 Å². The van der Waals surface area contributed by atoms with E-state index in [1.807, 2.05) is 49.0 Å². The number of hydrogen-bond acceptors (Lipinski definition) is 3. The number of carbonyl (C=O) groups is 2. The molecular formula is C15H20N2O2S. The van der Waals surface area contributed by atoms with Gasteiger partial charge >= 0.3 is 6.03 Å². The molecule has 2 rings (SSSR count). The van der Waals surface area contributed by atoms with E-state index in [1.54, 1.807) is 4.90 Å². The van der Waals surface area contributed by atoms with E-state index in [1.165, 1.54) is 0 Å². The molecule has 0 aromatic heterocycles. The van der Waals surface area contributed by atoms with Crippen LogP contribution in [0.5, 0.6) is 0 Å². The molecule has 1 aliphatic rings. The molecule has 0 saturated carbocycles. The Morgan fingerprint density at radius 3 is 2.60 bits per heavy atom. The highest BCUT2D eigenvalue weighted by molar-refractivity contribution is 7.99. The molecule has 1 fully saturated rings. The number of rotatable bonds is 6. The number of urea groups is 1. The van der Waals surface area contributed by atoms with Crippen LogP contribution < -0.4 is 5.32 Å². The van der Waals surface area contributed by atoms with Crippen molar-refractivity contribution in [3.63, 3.8) is 0 Å². The summed E-state index contributed by atoms with van der Waals surface area (Å²) in [5, 5.41) is 2.44. The van der Waals surface area contributed by atoms with Crippen LogP contribution in [0.25, 0.3) is 0 Å². The van der Waals surface area contributed by atoms with Crippen LogP contribution in [-0.4, -0.2) is 34.9 Å². The molecule has 4 nitrogen and oxygen atoms in total. The Bertz CT molecular complexity index is 492. The first-order valence-corrected chi connectivity index (χ1v) is 8.02. The fourth-order valence-corrected chi connectivity index (χ4v) is 3.08. The van der Waals surface area contributed by atoms with Crippen LogP contribution in [0.2, 0.25) is 0 Å². The van der Waals surface area contributed by atoms with Crippen LogP contribution in [0.3, 0.4) is 0 Å². The van der Waals surface area contributed by atoms with Gasteiger partial charge in [0.15, 0.2) is 0 Å². The molecule has 1 aromatic carbocycles. The number of imide groups is 1. The second-order valence-electron chi connectivity index (χ2n) is 4.90. The number of hydrogen-bond donors (Lipinski definition) is 1. The number of amides is 3. The average molecular weight is 292 g/mol. The summed E-state index contributed by atoms with van der Waals surface area (Å²) in [6, 6.07) is 9.19. The van der Waals surface area contributed by atoms with Crippen LogP contribution in [0.1, 0.15) is 25.8 Å². The van der Waals surface area contributed by atoms with Crippen molar-refractivity contribution in [3.05, 3.63) is 35.9 Å². The fourth-order valence-electron chi connectivity index (χ4n) is 2.46. The summed E-state index contributed by atoms with van der Waals surface area (Å²) in [5.41, 5.74) is -0.0404. The maximum absolute atomic E-state index is 12.2. The molecule has 3 amide bonds. The number of nitrogens with zero attached hydrogens (tertiary/aromatic N) is 1. The van der Waals surface area contributed by atoms with Gasteiger partial charge in [0, 0.05) is 6.54 Å². The average Bonchev–Trinajstić information content (AvgIpc) is 2.68. The molecule has 0 spiro atoms. The second-order valence-corrected chi connectivity index (χ2v) is 6.29. The third-order valence-corrected chi connectivity index (χ3v) is 4.64. The first kappa shape index (κ1) is 14.9. The molecule has 1 saturated heterocycles. The van der Waals surface area contributed by atoms with E-state index < -0.39 is 5.54 Å². The molecule has 1 N–H and O–H groups in total. The molecule has 1 unspecified atom stereocenters. The van der Waals surface area contributed by atoms with Crippen LogP contribution in [-0.2, 0) is 10.3 Å². The van der Waals surface area contributed by atoms with Crippen molar-refractivity contribution in [1.82, 2.24) is 10.2 Å². The molecule has 0 bridgehead atoms. The minimum Gasteiger partial charge on any atom is -0.306 e. The topological polar surface area (TPSA) is 49.4 Å². The first-order valence-electron chi connectivity index (χ1n) is 6.87. The predicted molar refractivity (Wildman–Crippen MR) is 81.7 cm³/mol. The van der Waals surface area contributed by atoms with Gasteiger partial charge in [-0.25, -0.2) is 4.79 Å². The highest BCUT2D eigenvalue weighted by atomic mass is 32.2. The molecule has 0 radical (unpaired) electrons. The minimum absolute atomic E-state index is 0.239. The minimum atomic E-state index is -0.894. The molecule has 1 heterocycles. The number of carbonyl (C=O) groups excluding carboxylic acids is 2. The Balaban J connectivity index is 2.19. The van der Waals surface area contributed by atoms with E-state index in [2.05, 4.69) is 12.2 Å². The van der Waals surface area contributed by atoms with Gasteiger partial charge in [-0.2, -0.15) is 11.8 Å². The molecule has 5 heteroatoms. The fraction of sp³-hybridized carbons (Fsp3) is 0.467. The van der Waals surface area contributed by atoms with E-state index >= 15 is 0 Å². The summed E-state index contributed by atoms with van der Waals surface area (Å²) in [5.74, 6) is 1.83. The first-order chi connectivity index (χ1) is 9.60. The molecule has 20 heavy (non-hydrogen) atoms. The van der Waals surface area contributed by atoms with Gasteiger partial charge in [-0.1, -0.05) is 37.3 Å². The molecule has 1 aliphatic heterocycles. The number of thioether (sulfide) groups is 1. The lowest BCUT2D eigenvalue weighted by Crippen LogP contribution is -2.44. The van der Waals surface area contributed by atoms with Crippen molar-refractivity contribution in [1.29, 1.82) is 0 Å². The van der Waals surface area contributed by atoms with Crippen LogP contribution >= 0.6 is 11.8 Å². The zero-order valence-corrected chi connectivity index (χ0v) is 12.7. The maximum atomic E-state index is 12.2.